The Morgan fingerprint density at radius 1 is 0.889 bits per heavy atom. The molecule has 0 spiro atoms. The highest BCUT2D eigenvalue weighted by Gasteiger charge is 2.36. The van der Waals surface area contributed by atoms with Crippen molar-refractivity contribution in [3.8, 4) is 0 Å². The number of carbonyl (C=O) groups excluding carboxylic acids is 1. The highest BCUT2D eigenvalue weighted by Crippen LogP contribution is 2.35. The molecule has 1 heteroatoms. The molecule has 2 aromatic carbocycles. The first-order valence-electron chi connectivity index (χ1n) is 6.10. The molecule has 1 unspecified atom stereocenters. The Bertz CT molecular complexity index is 625. The predicted molar refractivity (Wildman–Crippen MR) is 73.6 cm³/mol. The summed E-state index contributed by atoms with van der Waals surface area (Å²) in [5.74, 6) is 0.173. The lowest BCUT2D eigenvalue weighted by atomic mass is 9.72. The first-order chi connectivity index (χ1) is 8.72. The molecule has 0 aliphatic heterocycles. The van der Waals surface area contributed by atoms with E-state index in [1.54, 1.807) is 0 Å². The second kappa shape index (κ2) is 3.95. The molecule has 0 radical (unpaired) electrons. The van der Waals surface area contributed by atoms with Gasteiger partial charge in [0.25, 0.3) is 0 Å². The summed E-state index contributed by atoms with van der Waals surface area (Å²) in [4.78, 5) is 12.7. The molecule has 0 aromatic heterocycles. The van der Waals surface area contributed by atoms with Crippen LogP contribution in [0.3, 0.4) is 0 Å². The maximum absolute atomic E-state index is 12.7. The standard InChI is InChI=1S/C17H14O/c1-17(14-8-3-2-4-9-14)12-11-13-7-5-6-10-15(13)16(17)18/h2-12H,1H3. The first-order valence-corrected chi connectivity index (χ1v) is 6.10. The van der Waals surface area contributed by atoms with E-state index in [2.05, 4.69) is 0 Å². The summed E-state index contributed by atoms with van der Waals surface area (Å²) in [5.41, 5.74) is 2.32. The average molecular weight is 234 g/mol. The Hall–Kier alpha value is -2.15. The maximum atomic E-state index is 12.7. The zero-order chi connectivity index (χ0) is 12.6. The zero-order valence-electron chi connectivity index (χ0n) is 10.3. The number of hydrogen-bond acceptors (Lipinski definition) is 1. The van der Waals surface area contributed by atoms with Crippen molar-refractivity contribution in [1.29, 1.82) is 0 Å². The smallest absolute Gasteiger partial charge is 0.177 e. The topological polar surface area (TPSA) is 17.1 Å². The minimum Gasteiger partial charge on any atom is -0.293 e. The second-order valence-electron chi connectivity index (χ2n) is 4.82. The van der Waals surface area contributed by atoms with E-state index in [9.17, 15) is 4.79 Å². The van der Waals surface area contributed by atoms with Gasteiger partial charge in [-0.05, 0) is 18.1 Å². The monoisotopic (exact) mass is 234 g/mol. The van der Waals surface area contributed by atoms with Gasteiger partial charge in [-0.25, -0.2) is 0 Å². The fourth-order valence-electron chi connectivity index (χ4n) is 2.47. The van der Waals surface area contributed by atoms with Crippen LogP contribution >= 0.6 is 0 Å². The number of hydrogen-bond donors (Lipinski definition) is 0. The number of rotatable bonds is 1. The summed E-state index contributed by atoms with van der Waals surface area (Å²) in [6, 6.07) is 17.7. The molecule has 0 N–H and O–H groups in total. The van der Waals surface area contributed by atoms with Crippen molar-refractivity contribution in [3.63, 3.8) is 0 Å². The van der Waals surface area contributed by atoms with Gasteiger partial charge in [0, 0.05) is 5.56 Å². The summed E-state index contributed by atoms with van der Waals surface area (Å²) in [5, 5.41) is 0. The van der Waals surface area contributed by atoms with E-state index in [4.69, 9.17) is 0 Å². The quantitative estimate of drug-likeness (QED) is 0.732. The molecule has 0 fully saturated rings. The summed E-state index contributed by atoms with van der Waals surface area (Å²) in [6.45, 7) is 1.98. The Balaban J connectivity index is 2.16. The summed E-state index contributed by atoms with van der Waals surface area (Å²) >= 11 is 0. The Labute approximate surface area is 107 Å². The van der Waals surface area contributed by atoms with Crippen molar-refractivity contribution in [1.82, 2.24) is 0 Å². The van der Waals surface area contributed by atoms with Crippen LogP contribution in [0.1, 0.15) is 28.4 Å². The number of benzene rings is 2. The lowest BCUT2D eigenvalue weighted by molar-refractivity contribution is 0.0925. The van der Waals surface area contributed by atoms with Crippen LogP contribution in [0.5, 0.6) is 0 Å². The number of ketones is 1. The Kier molecular flexibility index (Phi) is 2.41. The minimum absolute atomic E-state index is 0.173. The minimum atomic E-state index is -0.546. The van der Waals surface area contributed by atoms with Gasteiger partial charge in [0.2, 0.25) is 0 Å². The molecule has 0 amide bonds. The van der Waals surface area contributed by atoms with E-state index in [1.807, 2.05) is 73.7 Å². The number of carbonyl (C=O) groups is 1. The van der Waals surface area contributed by atoms with Crippen LogP contribution in [-0.2, 0) is 5.41 Å². The van der Waals surface area contributed by atoms with E-state index in [1.165, 1.54) is 0 Å². The van der Waals surface area contributed by atoms with Crippen molar-refractivity contribution in [2.24, 2.45) is 0 Å². The predicted octanol–water partition coefficient (Wildman–Crippen LogP) is 3.85. The normalized spacial score (nSPS) is 21.7. The average Bonchev–Trinajstić information content (AvgIpc) is 2.44. The summed E-state index contributed by atoms with van der Waals surface area (Å²) in [7, 11) is 0. The maximum Gasteiger partial charge on any atom is 0.177 e. The third-order valence-corrected chi connectivity index (χ3v) is 3.65. The van der Waals surface area contributed by atoms with Crippen LogP contribution in [0.4, 0.5) is 0 Å². The highest BCUT2D eigenvalue weighted by molar-refractivity contribution is 6.10. The Morgan fingerprint density at radius 2 is 1.56 bits per heavy atom. The molecule has 3 rings (SSSR count). The third-order valence-electron chi connectivity index (χ3n) is 3.65. The van der Waals surface area contributed by atoms with Crippen LogP contribution in [-0.4, -0.2) is 5.78 Å². The molecule has 1 nitrogen and oxygen atoms in total. The van der Waals surface area contributed by atoms with E-state index < -0.39 is 5.41 Å². The molecule has 88 valence electrons. The van der Waals surface area contributed by atoms with Gasteiger partial charge in [-0.1, -0.05) is 66.7 Å². The van der Waals surface area contributed by atoms with Crippen molar-refractivity contribution in [3.05, 3.63) is 77.4 Å². The molecule has 1 atom stereocenters. The van der Waals surface area contributed by atoms with Gasteiger partial charge in [-0.15, -0.1) is 0 Å². The van der Waals surface area contributed by atoms with Gasteiger partial charge in [-0.3, -0.25) is 4.79 Å². The molecule has 1 aliphatic carbocycles. The van der Waals surface area contributed by atoms with Crippen molar-refractivity contribution in [2.45, 2.75) is 12.3 Å². The van der Waals surface area contributed by atoms with E-state index in [0.717, 1.165) is 16.7 Å². The number of Topliss-reactive ketones (excluding diaryl/α,β-unsaturated/α-hetero) is 1. The fourth-order valence-corrected chi connectivity index (χ4v) is 2.47. The molecule has 0 bridgehead atoms. The highest BCUT2D eigenvalue weighted by atomic mass is 16.1. The lowest BCUT2D eigenvalue weighted by Gasteiger charge is -2.29. The van der Waals surface area contributed by atoms with Crippen LogP contribution < -0.4 is 0 Å². The molecule has 0 saturated heterocycles. The fraction of sp³-hybridized carbons (Fsp3) is 0.118. The number of allylic oxidation sites excluding steroid dienone is 1. The zero-order valence-corrected chi connectivity index (χ0v) is 10.3. The van der Waals surface area contributed by atoms with Gasteiger partial charge in [0.1, 0.15) is 0 Å². The molecule has 0 heterocycles. The molecule has 1 aliphatic rings. The second-order valence-corrected chi connectivity index (χ2v) is 4.82. The van der Waals surface area contributed by atoms with Crippen molar-refractivity contribution >= 4 is 11.9 Å². The summed E-state index contributed by atoms with van der Waals surface area (Å²) < 4.78 is 0. The molecular formula is C17H14O. The van der Waals surface area contributed by atoms with Crippen LogP contribution in [0, 0.1) is 0 Å². The number of fused-ring (bicyclic) bond motifs is 1. The summed E-state index contributed by atoms with van der Waals surface area (Å²) in [6.07, 6.45) is 4.05. The van der Waals surface area contributed by atoms with Crippen LogP contribution in [0.2, 0.25) is 0 Å². The lowest BCUT2D eigenvalue weighted by Crippen LogP contribution is -2.33. The van der Waals surface area contributed by atoms with Crippen molar-refractivity contribution in [2.75, 3.05) is 0 Å². The van der Waals surface area contributed by atoms with Crippen LogP contribution in [0.15, 0.2) is 60.7 Å². The van der Waals surface area contributed by atoms with Gasteiger partial charge >= 0.3 is 0 Å². The molecular weight excluding hydrogens is 220 g/mol. The molecule has 18 heavy (non-hydrogen) atoms. The SMILES string of the molecule is CC1(c2ccccc2)C=Cc2ccccc2C1=O. The van der Waals surface area contributed by atoms with E-state index in [0.29, 0.717) is 0 Å². The largest absolute Gasteiger partial charge is 0.293 e. The van der Waals surface area contributed by atoms with Crippen molar-refractivity contribution < 1.29 is 4.79 Å². The van der Waals surface area contributed by atoms with Gasteiger partial charge in [0.15, 0.2) is 5.78 Å². The van der Waals surface area contributed by atoms with Gasteiger partial charge in [0.05, 0.1) is 5.41 Å². The van der Waals surface area contributed by atoms with Gasteiger partial charge < -0.3 is 0 Å². The molecule has 2 aromatic rings. The molecule has 0 saturated carbocycles. The van der Waals surface area contributed by atoms with E-state index in [-0.39, 0.29) is 5.78 Å². The Morgan fingerprint density at radius 3 is 2.33 bits per heavy atom. The van der Waals surface area contributed by atoms with E-state index >= 15 is 0 Å². The first kappa shape index (κ1) is 11.0. The third kappa shape index (κ3) is 1.52. The van der Waals surface area contributed by atoms with Crippen LogP contribution in [0.25, 0.3) is 6.08 Å². The van der Waals surface area contributed by atoms with Gasteiger partial charge in [-0.2, -0.15) is 0 Å².